The molecule has 1 saturated carbocycles. The minimum atomic E-state index is 0.230. The Morgan fingerprint density at radius 3 is 2.39 bits per heavy atom. The van der Waals surface area contributed by atoms with Crippen molar-refractivity contribution in [3.05, 3.63) is 35.4 Å². The zero-order valence-corrected chi connectivity index (χ0v) is 11.6. The Morgan fingerprint density at radius 2 is 1.89 bits per heavy atom. The van der Waals surface area contributed by atoms with E-state index in [1.165, 1.54) is 18.4 Å². The van der Waals surface area contributed by atoms with Gasteiger partial charge in [-0.1, -0.05) is 38.1 Å². The van der Waals surface area contributed by atoms with Crippen LogP contribution in [0.5, 0.6) is 0 Å². The lowest BCUT2D eigenvalue weighted by molar-refractivity contribution is 0.0944. The van der Waals surface area contributed by atoms with E-state index in [2.05, 4.69) is 30.9 Å². The predicted octanol–water partition coefficient (Wildman–Crippen LogP) is 3.33. The predicted molar refractivity (Wildman–Crippen MR) is 75.1 cm³/mol. The van der Waals surface area contributed by atoms with Gasteiger partial charge in [0.2, 0.25) is 0 Å². The molecular weight excluding hydrogens is 222 g/mol. The molecule has 1 aromatic carbocycles. The number of rotatable bonds is 6. The van der Waals surface area contributed by atoms with Gasteiger partial charge in [-0.3, -0.25) is 9.69 Å². The first-order valence-corrected chi connectivity index (χ1v) is 6.88. The number of carbonyl (C=O) groups is 1. The van der Waals surface area contributed by atoms with Crippen molar-refractivity contribution in [3.8, 4) is 0 Å². The summed E-state index contributed by atoms with van der Waals surface area (Å²) in [6, 6.07) is 8.06. The van der Waals surface area contributed by atoms with Gasteiger partial charge in [0.1, 0.15) is 0 Å². The maximum absolute atomic E-state index is 12.1. The first-order chi connectivity index (χ1) is 8.56. The van der Waals surface area contributed by atoms with Crippen LogP contribution >= 0.6 is 0 Å². The number of likely N-dealkylation sites (N-methyl/N-ethyl adjacent to an activating group) is 1. The van der Waals surface area contributed by atoms with Gasteiger partial charge >= 0.3 is 0 Å². The lowest BCUT2D eigenvalue weighted by Gasteiger charge is -2.15. The maximum Gasteiger partial charge on any atom is 0.176 e. The van der Waals surface area contributed by atoms with Crippen LogP contribution in [0.4, 0.5) is 0 Å². The molecule has 0 aliphatic heterocycles. The summed E-state index contributed by atoms with van der Waals surface area (Å²) in [6.07, 6.45) is 2.67. The third kappa shape index (κ3) is 3.67. The van der Waals surface area contributed by atoms with Crippen molar-refractivity contribution < 1.29 is 4.79 Å². The van der Waals surface area contributed by atoms with Crippen molar-refractivity contribution in [1.29, 1.82) is 0 Å². The Morgan fingerprint density at radius 1 is 1.28 bits per heavy atom. The Bertz CT molecular complexity index is 404. The number of ketones is 1. The van der Waals surface area contributed by atoms with E-state index >= 15 is 0 Å². The second kappa shape index (κ2) is 5.66. The molecule has 98 valence electrons. The molecule has 1 fully saturated rings. The first-order valence-electron chi connectivity index (χ1n) is 6.88. The Balaban J connectivity index is 1.91. The highest BCUT2D eigenvalue weighted by Crippen LogP contribution is 2.29. The molecule has 0 bridgehead atoms. The number of Topliss-reactive ketones (excluding diaryl/α,β-unsaturated/α-hetero) is 1. The van der Waals surface area contributed by atoms with Crippen molar-refractivity contribution in [3.63, 3.8) is 0 Å². The van der Waals surface area contributed by atoms with Gasteiger partial charge in [-0.15, -0.1) is 0 Å². The fourth-order valence-corrected chi connectivity index (χ4v) is 2.20. The van der Waals surface area contributed by atoms with E-state index in [9.17, 15) is 4.79 Å². The van der Waals surface area contributed by atoms with Gasteiger partial charge in [-0.05, 0) is 37.3 Å². The van der Waals surface area contributed by atoms with Crippen molar-refractivity contribution in [2.75, 3.05) is 20.1 Å². The van der Waals surface area contributed by atoms with Crippen LogP contribution in [-0.4, -0.2) is 30.8 Å². The second-order valence-electron chi connectivity index (χ2n) is 5.84. The largest absolute Gasteiger partial charge is 0.299 e. The fraction of sp³-hybridized carbons (Fsp3) is 0.562. The van der Waals surface area contributed by atoms with Crippen molar-refractivity contribution in [2.45, 2.75) is 32.6 Å². The van der Waals surface area contributed by atoms with E-state index in [1.54, 1.807) is 0 Å². The molecule has 1 aliphatic carbocycles. The molecule has 0 heterocycles. The molecule has 0 spiro atoms. The van der Waals surface area contributed by atoms with Gasteiger partial charge in [0, 0.05) is 12.1 Å². The van der Waals surface area contributed by atoms with E-state index in [-0.39, 0.29) is 5.78 Å². The minimum Gasteiger partial charge on any atom is -0.299 e. The van der Waals surface area contributed by atoms with Crippen molar-refractivity contribution in [1.82, 2.24) is 4.90 Å². The van der Waals surface area contributed by atoms with Gasteiger partial charge in [0.15, 0.2) is 5.78 Å². The third-order valence-electron chi connectivity index (χ3n) is 3.58. The number of hydrogen-bond donors (Lipinski definition) is 0. The molecule has 0 unspecified atom stereocenters. The summed E-state index contributed by atoms with van der Waals surface area (Å²) in [7, 11) is 2.04. The Hall–Kier alpha value is -1.15. The van der Waals surface area contributed by atoms with Gasteiger partial charge in [-0.2, -0.15) is 0 Å². The Kier molecular flexibility index (Phi) is 4.18. The summed E-state index contributed by atoms with van der Waals surface area (Å²) < 4.78 is 0. The molecule has 2 rings (SSSR count). The van der Waals surface area contributed by atoms with Gasteiger partial charge in [-0.25, -0.2) is 0 Å². The van der Waals surface area contributed by atoms with Crippen LogP contribution in [0.25, 0.3) is 0 Å². The average molecular weight is 245 g/mol. The van der Waals surface area contributed by atoms with Crippen LogP contribution in [-0.2, 0) is 0 Å². The standard InChI is InChI=1S/C16H23NO/c1-12(2)14-6-8-15(9-7-14)16(18)11-17(3)10-13-4-5-13/h6-9,12-13H,4-5,10-11H2,1-3H3. The average Bonchev–Trinajstić information content (AvgIpc) is 3.12. The fourth-order valence-electron chi connectivity index (χ4n) is 2.20. The smallest absolute Gasteiger partial charge is 0.176 e. The molecule has 18 heavy (non-hydrogen) atoms. The van der Waals surface area contributed by atoms with Gasteiger partial charge < -0.3 is 0 Å². The quantitative estimate of drug-likeness (QED) is 0.716. The molecule has 0 atom stereocenters. The molecule has 2 heteroatoms. The number of nitrogens with zero attached hydrogens (tertiary/aromatic N) is 1. The van der Waals surface area contributed by atoms with Crippen LogP contribution in [0.1, 0.15) is 48.5 Å². The van der Waals surface area contributed by atoms with Crippen LogP contribution in [0, 0.1) is 5.92 Å². The molecule has 2 nitrogen and oxygen atoms in total. The Labute approximate surface area is 110 Å². The van der Waals surface area contributed by atoms with Crippen LogP contribution in [0.3, 0.4) is 0 Å². The van der Waals surface area contributed by atoms with E-state index in [4.69, 9.17) is 0 Å². The highest BCUT2D eigenvalue weighted by Gasteiger charge is 2.23. The molecule has 0 aromatic heterocycles. The first kappa shape index (κ1) is 13.3. The lowest BCUT2D eigenvalue weighted by atomic mass is 10.0. The summed E-state index contributed by atoms with van der Waals surface area (Å²) in [6.45, 7) is 5.94. The molecule has 0 amide bonds. The highest BCUT2D eigenvalue weighted by molar-refractivity contribution is 5.97. The summed E-state index contributed by atoms with van der Waals surface area (Å²) in [5.41, 5.74) is 2.12. The van der Waals surface area contributed by atoms with E-state index < -0.39 is 0 Å². The molecular formula is C16H23NO. The molecule has 1 aromatic rings. The van der Waals surface area contributed by atoms with Crippen molar-refractivity contribution in [2.24, 2.45) is 5.92 Å². The number of carbonyl (C=O) groups excluding carboxylic acids is 1. The monoisotopic (exact) mass is 245 g/mol. The van der Waals surface area contributed by atoms with E-state index in [1.807, 2.05) is 19.2 Å². The van der Waals surface area contributed by atoms with Crippen molar-refractivity contribution >= 4 is 5.78 Å². The zero-order valence-electron chi connectivity index (χ0n) is 11.6. The van der Waals surface area contributed by atoms with Crippen LogP contribution in [0.15, 0.2) is 24.3 Å². The summed E-state index contributed by atoms with van der Waals surface area (Å²) >= 11 is 0. The van der Waals surface area contributed by atoms with Crippen LogP contribution in [0.2, 0.25) is 0 Å². The van der Waals surface area contributed by atoms with Crippen LogP contribution < -0.4 is 0 Å². The van der Waals surface area contributed by atoms with E-state index in [0.29, 0.717) is 12.5 Å². The maximum atomic E-state index is 12.1. The van der Waals surface area contributed by atoms with E-state index in [0.717, 1.165) is 18.0 Å². The van der Waals surface area contributed by atoms with Gasteiger partial charge in [0.05, 0.1) is 6.54 Å². The number of hydrogen-bond acceptors (Lipinski definition) is 2. The lowest BCUT2D eigenvalue weighted by Crippen LogP contribution is -2.27. The zero-order chi connectivity index (χ0) is 13.1. The molecule has 1 aliphatic rings. The summed E-state index contributed by atoms with van der Waals surface area (Å²) in [5, 5.41) is 0. The molecule has 0 radical (unpaired) electrons. The minimum absolute atomic E-state index is 0.230. The SMILES string of the molecule is CC(C)c1ccc(C(=O)CN(C)CC2CC2)cc1. The normalized spacial score (nSPS) is 15.4. The number of benzene rings is 1. The van der Waals surface area contributed by atoms with Gasteiger partial charge in [0.25, 0.3) is 0 Å². The highest BCUT2D eigenvalue weighted by atomic mass is 16.1. The topological polar surface area (TPSA) is 20.3 Å². The summed E-state index contributed by atoms with van der Waals surface area (Å²) in [5.74, 6) is 1.59. The molecule has 0 N–H and O–H groups in total. The summed E-state index contributed by atoms with van der Waals surface area (Å²) in [4.78, 5) is 14.2. The second-order valence-corrected chi connectivity index (χ2v) is 5.84. The molecule has 0 saturated heterocycles. The third-order valence-corrected chi connectivity index (χ3v) is 3.58.